The Balaban J connectivity index is 1.68. The lowest BCUT2D eigenvalue weighted by Crippen LogP contribution is -2.18. The number of nitrogens with zero attached hydrogens (tertiary/aromatic N) is 1. The molecule has 0 unspecified atom stereocenters. The monoisotopic (exact) mass is 296 g/mol. The third-order valence-electron chi connectivity index (χ3n) is 3.40. The largest absolute Gasteiger partial charge is 0.454 e. The fraction of sp³-hybridized carbons (Fsp3) is 0.176. The Morgan fingerprint density at radius 3 is 2.77 bits per heavy atom. The van der Waals surface area contributed by atoms with E-state index >= 15 is 0 Å². The Morgan fingerprint density at radius 1 is 1.14 bits per heavy atom. The average molecular weight is 296 g/mol. The van der Waals surface area contributed by atoms with E-state index in [9.17, 15) is 4.79 Å². The minimum atomic E-state index is -0.227. The predicted molar refractivity (Wildman–Crippen MR) is 83.5 cm³/mol. The van der Waals surface area contributed by atoms with Crippen molar-refractivity contribution in [1.29, 1.82) is 0 Å². The molecular weight excluding hydrogens is 280 g/mol. The van der Waals surface area contributed by atoms with E-state index in [0.717, 1.165) is 22.4 Å². The van der Waals surface area contributed by atoms with Gasteiger partial charge in [0.2, 0.25) is 6.79 Å². The first kappa shape index (κ1) is 14.1. The van der Waals surface area contributed by atoms with Gasteiger partial charge in [0.1, 0.15) is 0 Å². The maximum atomic E-state index is 12.1. The smallest absolute Gasteiger partial charge is 0.271 e. The fourth-order valence-corrected chi connectivity index (χ4v) is 2.29. The minimum Gasteiger partial charge on any atom is -0.454 e. The third kappa shape index (κ3) is 2.93. The first-order valence-corrected chi connectivity index (χ1v) is 6.94. The Hall–Kier alpha value is -2.82. The van der Waals surface area contributed by atoms with Gasteiger partial charge in [-0.2, -0.15) is 5.10 Å². The lowest BCUT2D eigenvalue weighted by molar-refractivity contribution is 0.0954. The number of rotatable bonds is 3. The summed E-state index contributed by atoms with van der Waals surface area (Å²) in [7, 11) is 0. The molecule has 5 nitrogen and oxygen atoms in total. The Kier molecular flexibility index (Phi) is 3.78. The van der Waals surface area contributed by atoms with E-state index in [1.807, 2.05) is 44.2 Å². The third-order valence-corrected chi connectivity index (χ3v) is 3.40. The molecule has 0 atom stereocenters. The van der Waals surface area contributed by atoms with Crippen molar-refractivity contribution in [3.05, 3.63) is 58.7 Å². The van der Waals surface area contributed by atoms with Crippen LogP contribution >= 0.6 is 0 Å². The van der Waals surface area contributed by atoms with Gasteiger partial charge in [-0.1, -0.05) is 17.7 Å². The molecule has 1 N–H and O–H groups in total. The van der Waals surface area contributed by atoms with Gasteiger partial charge >= 0.3 is 0 Å². The van der Waals surface area contributed by atoms with Gasteiger partial charge in [-0.25, -0.2) is 5.43 Å². The minimum absolute atomic E-state index is 0.227. The van der Waals surface area contributed by atoms with Gasteiger partial charge in [-0.15, -0.1) is 0 Å². The number of ether oxygens (including phenoxy) is 2. The van der Waals surface area contributed by atoms with Crippen molar-refractivity contribution in [1.82, 2.24) is 5.43 Å². The highest BCUT2D eigenvalue weighted by Crippen LogP contribution is 2.31. The van der Waals surface area contributed by atoms with Gasteiger partial charge in [0, 0.05) is 5.56 Å². The maximum absolute atomic E-state index is 12.1. The number of hydrazone groups is 1. The van der Waals surface area contributed by atoms with E-state index in [0.29, 0.717) is 11.3 Å². The average Bonchev–Trinajstić information content (AvgIpc) is 2.94. The number of nitrogens with one attached hydrogen (secondary N) is 1. The molecule has 0 aromatic heterocycles. The van der Waals surface area contributed by atoms with E-state index in [4.69, 9.17) is 9.47 Å². The van der Waals surface area contributed by atoms with Crippen LogP contribution in [0.4, 0.5) is 0 Å². The first-order valence-electron chi connectivity index (χ1n) is 6.94. The Bertz CT molecular complexity index is 754. The van der Waals surface area contributed by atoms with Crippen molar-refractivity contribution in [3.8, 4) is 11.5 Å². The molecule has 112 valence electrons. The summed E-state index contributed by atoms with van der Waals surface area (Å²) < 4.78 is 10.5. The van der Waals surface area contributed by atoms with Crippen molar-refractivity contribution >= 4 is 12.1 Å². The molecule has 1 aliphatic rings. The number of carbonyl (C=O) groups excluding carboxylic acids is 1. The molecule has 0 saturated heterocycles. The van der Waals surface area contributed by atoms with E-state index < -0.39 is 0 Å². The number of fused-ring (bicyclic) bond motifs is 1. The van der Waals surface area contributed by atoms with E-state index in [1.165, 1.54) is 0 Å². The zero-order valence-electron chi connectivity index (χ0n) is 12.4. The van der Waals surface area contributed by atoms with Crippen LogP contribution in [0, 0.1) is 13.8 Å². The molecule has 2 aromatic rings. The van der Waals surface area contributed by atoms with Gasteiger partial charge < -0.3 is 9.47 Å². The summed E-state index contributed by atoms with van der Waals surface area (Å²) in [6, 6.07) is 11.2. The zero-order valence-corrected chi connectivity index (χ0v) is 12.4. The maximum Gasteiger partial charge on any atom is 0.271 e. The Morgan fingerprint density at radius 2 is 1.95 bits per heavy atom. The van der Waals surface area contributed by atoms with Crippen LogP contribution in [-0.4, -0.2) is 18.9 Å². The summed E-state index contributed by atoms with van der Waals surface area (Å²) in [5.74, 6) is 1.18. The number of amides is 1. The molecule has 22 heavy (non-hydrogen) atoms. The highest BCUT2D eigenvalue weighted by atomic mass is 16.7. The Labute approximate surface area is 128 Å². The van der Waals surface area contributed by atoms with Gasteiger partial charge in [0.05, 0.1) is 6.21 Å². The fourth-order valence-electron chi connectivity index (χ4n) is 2.29. The topological polar surface area (TPSA) is 59.9 Å². The molecule has 0 fully saturated rings. The summed E-state index contributed by atoms with van der Waals surface area (Å²) in [6.07, 6.45) is 1.57. The molecule has 0 aliphatic carbocycles. The van der Waals surface area contributed by atoms with Gasteiger partial charge in [0.25, 0.3) is 5.91 Å². The molecule has 0 bridgehead atoms. The van der Waals surface area contributed by atoms with Crippen molar-refractivity contribution in [2.24, 2.45) is 5.10 Å². The SMILES string of the molecule is Cc1ccc(C(=O)NN=Cc2ccc3c(c2)OCO3)c(C)c1. The second-order valence-corrected chi connectivity index (χ2v) is 5.13. The van der Waals surface area contributed by atoms with Crippen molar-refractivity contribution in [2.45, 2.75) is 13.8 Å². The molecule has 5 heteroatoms. The van der Waals surface area contributed by atoms with E-state index in [-0.39, 0.29) is 12.7 Å². The molecular formula is C17H16N2O3. The molecule has 1 heterocycles. The zero-order chi connectivity index (χ0) is 15.5. The summed E-state index contributed by atoms with van der Waals surface area (Å²) in [5, 5.41) is 3.99. The number of benzene rings is 2. The van der Waals surface area contributed by atoms with Crippen LogP contribution in [0.1, 0.15) is 27.0 Å². The quantitative estimate of drug-likeness (QED) is 0.700. The molecule has 2 aromatic carbocycles. The lowest BCUT2D eigenvalue weighted by Gasteiger charge is -2.05. The first-order chi connectivity index (χ1) is 10.6. The molecule has 1 aliphatic heterocycles. The second kappa shape index (κ2) is 5.89. The summed E-state index contributed by atoms with van der Waals surface area (Å²) in [5.41, 5.74) is 6.03. The van der Waals surface area contributed by atoms with Crippen LogP contribution < -0.4 is 14.9 Å². The number of aryl methyl sites for hydroxylation is 2. The van der Waals surface area contributed by atoms with Crippen LogP contribution in [0.2, 0.25) is 0 Å². The number of hydrogen-bond donors (Lipinski definition) is 1. The standard InChI is InChI=1S/C17H16N2O3/c1-11-3-5-14(12(2)7-11)17(20)19-18-9-13-4-6-15-16(8-13)22-10-21-15/h3-9H,10H2,1-2H3,(H,19,20). The van der Waals surface area contributed by atoms with Crippen LogP contribution in [0.5, 0.6) is 11.5 Å². The van der Waals surface area contributed by atoms with Crippen molar-refractivity contribution in [3.63, 3.8) is 0 Å². The lowest BCUT2D eigenvalue weighted by atomic mass is 10.1. The number of carbonyl (C=O) groups is 1. The molecule has 1 amide bonds. The van der Waals surface area contributed by atoms with Crippen LogP contribution in [-0.2, 0) is 0 Å². The predicted octanol–water partition coefficient (Wildman–Crippen LogP) is 2.80. The normalized spacial score (nSPS) is 12.6. The summed E-state index contributed by atoms with van der Waals surface area (Å²) >= 11 is 0. The molecule has 0 radical (unpaired) electrons. The highest BCUT2D eigenvalue weighted by molar-refractivity contribution is 5.96. The van der Waals surface area contributed by atoms with E-state index in [1.54, 1.807) is 12.3 Å². The van der Waals surface area contributed by atoms with Crippen LogP contribution in [0.25, 0.3) is 0 Å². The van der Waals surface area contributed by atoms with Crippen LogP contribution in [0.15, 0.2) is 41.5 Å². The van der Waals surface area contributed by atoms with Gasteiger partial charge in [0.15, 0.2) is 11.5 Å². The number of hydrogen-bond acceptors (Lipinski definition) is 4. The highest BCUT2D eigenvalue weighted by Gasteiger charge is 2.12. The summed E-state index contributed by atoms with van der Waals surface area (Å²) in [4.78, 5) is 12.1. The molecule has 0 saturated carbocycles. The van der Waals surface area contributed by atoms with Crippen molar-refractivity contribution < 1.29 is 14.3 Å². The second-order valence-electron chi connectivity index (χ2n) is 5.13. The van der Waals surface area contributed by atoms with Crippen molar-refractivity contribution in [2.75, 3.05) is 6.79 Å². The molecule has 0 spiro atoms. The van der Waals surface area contributed by atoms with E-state index in [2.05, 4.69) is 10.5 Å². The summed E-state index contributed by atoms with van der Waals surface area (Å²) in [6.45, 7) is 4.13. The van der Waals surface area contributed by atoms with Gasteiger partial charge in [-0.05, 0) is 49.2 Å². The van der Waals surface area contributed by atoms with Gasteiger partial charge in [-0.3, -0.25) is 4.79 Å². The molecule has 3 rings (SSSR count). The van der Waals surface area contributed by atoms with Crippen LogP contribution in [0.3, 0.4) is 0 Å².